The van der Waals surface area contributed by atoms with Gasteiger partial charge in [-0.05, 0) is 91.9 Å². The van der Waals surface area contributed by atoms with Crippen LogP contribution in [0.2, 0.25) is 0 Å². The summed E-state index contributed by atoms with van der Waals surface area (Å²) in [6, 6.07) is 14.7. The number of fused-ring (bicyclic) bond motifs is 1. The first-order valence-corrected chi connectivity index (χ1v) is 20.4. The van der Waals surface area contributed by atoms with Gasteiger partial charge in [0.15, 0.2) is 0 Å². The molecule has 1 aliphatic carbocycles. The maximum Gasteiger partial charge on any atom is 0.303 e. The smallest absolute Gasteiger partial charge is 0.303 e. The second-order valence-electron chi connectivity index (χ2n) is 15.0. The van der Waals surface area contributed by atoms with Gasteiger partial charge >= 0.3 is 5.97 Å². The van der Waals surface area contributed by atoms with Gasteiger partial charge in [-0.15, -0.1) is 0 Å². The predicted octanol–water partition coefficient (Wildman–Crippen LogP) is 11.7. The SMILES string of the molecule is CCCCCCCCCCCCCCCCCC(=O)O.CCc1cc(CC)cc(OCCN2CCC3(c4cccc(O)c4)CCCC3C2)c1. The van der Waals surface area contributed by atoms with Crippen molar-refractivity contribution in [3.63, 3.8) is 0 Å². The third-order valence-electron chi connectivity index (χ3n) is 11.2. The second-order valence-corrected chi connectivity index (χ2v) is 15.0. The Kier molecular flexibility index (Phi) is 19.9. The van der Waals surface area contributed by atoms with Gasteiger partial charge in [-0.3, -0.25) is 9.69 Å². The molecule has 276 valence electrons. The second kappa shape index (κ2) is 23.8. The molecule has 1 aliphatic heterocycles. The summed E-state index contributed by atoms with van der Waals surface area (Å²) in [6.07, 6.45) is 27.3. The van der Waals surface area contributed by atoms with Crippen LogP contribution in [0.1, 0.15) is 166 Å². The van der Waals surface area contributed by atoms with Gasteiger partial charge in [0.25, 0.3) is 0 Å². The molecule has 4 rings (SSSR count). The number of phenolic OH excluding ortho intramolecular Hbond substituents is 1. The van der Waals surface area contributed by atoms with Gasteiger partial charge in [-0.25, -0.2) is 0 Å². The lowest BCUT2D eigenvalue weighted by molar-refractivity contribution is -0.137. The van der Waals surface area contributed by atoms with Crippen molar-refractivity contribution in [1.82, 2.24) is 4.90 Å². The van der Waals surface area contributed by atoms with Crippen LogP contribution in [0.15, 0.2) is 42.5 Å². The van der Waals surface area contributed by atoms with E-state index >= 15 is 0 Å². The van der Waals surface area contributed by atoms with Crippen LogP contribution in [0.3, 0.4) is 0 Å². The zero-order valence-electron chi connectivity index (χ0n) is 31.7. The van der Waals surface area contributed by atoms with Crippen molar-refractivity contribution in [3.8, 4) is 11.5 Å². The number of carboxylic acid groups (broad SMARTS) is 1. The summed E-state index contributed by atoms with van der Waals surface area (Å²) >= 11 is 0. The summed E-state index contributed by atoms with van der Waals surface area (Å²) in [5.74, 6) is 1.46. The number of likely N-dealkylation sites (tertiary alicyclic amines) is 1. The topological polar surface area (TPSA) is 70.0 Å². The molecule has 0 amide bonds. The number of piperidine rings is 1. The lowest BCUT2D eigenvalue weighted by Gasteiger charge is -2.45. The molecule has 5 heteroatoms. The Hall–Kier alpha value is -2.53. The summed E-state index contributed by atoms with van der Waals surface area (Å²) in [6.45, 7) is 10.7. The lowest BCUT2D eigenvalue weighted by atomic mass is 9.67. The highest BCUT2D eigenvalue weighted by atomic mass is 16.5. The number of rotatable bonds is 23. The van der Waals surface area contributed by atoms with E-state index in [2.05, 4.69) is 49.9 Å². The maximum absolute atomic E-state index is 10.3. The molecule has 0 radical (unpaired) electrons. The van der Waals surface area contributed by atoms with E-state index < -0.39 is 5.97 Å². The Balaban J connectivity index is 0.000000288. The molecule has 1 saturated heterocycles. The fraction of sp³-hybridized carbons (Fsp3) is 0.705. The van der Waals surface area contributed by atoms with Gasteiger partial charge in [-0.2, -0.15) is 0 Å². The molecule has 1 saturated carbocycles. The standard InChI is InChI=1S/C26H35NO2.C18H36O2/c1-3-20-15-21(4-2)17-25(16-20)29-14-13-27-12-11-26(10-6-8-23(26)19-27)22-7-5-9-24(28)18-22;1-2-3-4-5-6-7-8-9-10-11-12-13-14-15-16-17-18(19)20/h5,7,9,15-18,23,28H,3-4,6,8,10-14,19H2,1-2H3;2-17H2,1H3,(H,19,20). The molecule has 5 nitrogen and oxygen atoms in total. The fourth-order valence-corrected chi connectivity index (χ4v) is 8.20. The van der Waals surface area contributed by atoms with E-state index in [0.29, 0.717) is 18.1 Å². The molecule has 2 aromatic rings. The summed E-state index contributed by atoms with van der Waals surface area (Å²) in [5.41, 5.74) is 4.33. The average Bonchev–Trinajstić information content (AvgIpc) is 3.54. The van der Waals surface area contributed by atoms with E-state index in [1.165, 1.54) is 126 Å². The monoisotopic (exact) mass is 678 g/mol. The minimum atomic E-state index is -0.653. The van der Waals surface area contributed by atoms with Gasteiger partial charge < -0.3 is 14.9 Å². The Morgan fingerprint density at radius 1 is 0.796 bits per heavy atom. The molecule has 0 aromatic heterocycles. The van der Waals surface area contributed by atoms with Crippen LogP contribution in [0.4, 0.5) is 0 Å². The number of nitrogens with zero attached hydrogens (tertiary/aromatic N) is 1. The van der Waals surface area contributed by atoms with Crippen LogP contribution in [0.25, 0.3) is 0 Å². The van der Waals surface area contributed by atoms with Crippen molar-refractivity contribution in [2.45, 2.75) is 167 Å². The number of unbranched alkanes of at least 4 members (excludes halogenated alkanes) is 14. The Bertz CT molecular complexity index is 1160. The highest BCUT2D eigenvalue weighted by molar-refractivity contribution is 5.66. The molecule has 2 aliphatic rings. The molecule has 0 bridgehead atoms. The number of ether oxygens (including phenoxy) is 1. The Morgan fingerprint density at radius 2 is 1.39 bits per heavy atom. The van der Waals surface area contributed by atoms with Crippen LogP contribution in [-0.2, 0) is 23.1 Å². The number of carboxylic acids is 1. The molecular formula is C44H71NO4. The highest BCUT2D eigenvalue weighted by Crippen LogP contribution is 2.51. The largest absolute Gasteiger partial charge is 0.508 e. The number of aromatic hydroxyl groups is 1. The first kappa shape index (κ1) is 40.9. The Morgan fingerprint density at radius 3 is 1.94 bits per heavy atom. The molecule has 2 fully saturated rings. The summed E-state index contributed by atoms with van der Waals surface area (Å²) in [5, 5.41) is 18.5. The minimum absolute atomic E-state index is 0.265. The number of phenols is 1. The van der Waals surface area contributed by atoms with Crippen LogP contribution in [0, 0.1) is 5.92 Å². The molecular weight excluding hydrogens is 606 g/mol. The quantitative estimate of drug-likeness (QED) is 0.115. The molecule has 2 N–H and O–H groups in total. The van der Waals surface area contributed by atoms with E-state index in [4.69, 9.17) is 9.84 Å². The molecule has 2 aromatic carbocycles. The van der Waals surface area contributed by atoms with Gasteiger partial charge in [0.2, 0.25) is 0 Å². The van der Waals surface area contributed by atoms with Gasteiger partial charge in [-0.1, -0.05) is 135 Å². The zero-order valence-corrected chi connectivity index (χ0v) is 31.7. The fourth-order valence-electron chi connectivity index (χ4n) is 8.20. The number of carbonyl (C=O) groups is 1. The number of aliphatic carboxylic acids is 1. The number of aryl methyl sites for hydroxylation is 2. The van der Waals surface area contributed by atoms with E-state index in [1.807, 2.05) is 12.1 Å². The van der Waals surface area contributed by atoms with Crippen LogP contribution in [0.5, 0.6) is 11.5 Å². The van der Waals surface area contributed by atoms with Gasteiger partial charge in [0.1, 0.15) is 18.1 Å². The molecule has 2 unspecified atom stereocenters. The first-order chi connectivity index (χ1) is 23.9. The predicted molar refractivity (Wildman–Crippen MR) is 206 cm³/mol. The third-order valence-corrected chi connectivity index (χ3v) is 11.2. The normalized spacial score (nSPS) is 18.9. The maximum atomic E-state index is 10.3. The van der Waals surface area contributed by atoms with E-state index in [1.54, 1.807) is 6.07 Å². The van der Waals surface area contributed by atoms with E-state index in [-0.39, 0.29) is 5.41 Å². The van der Waals surface area contributed by atoms with E-state index in [0.717, 1.165) is 57.7 Å². The summed E-state index contributed by atoms with van der Waals surface area (Å²) < 4.78 is 6.16. The van der Waals surface area contributed by atoms with Crippen molar-refractivity contribution < 1.29 is 19.7 Å². The van der Waals surface area contributed by atoms with E-state index in [9.17, 15) is 9.90 Å². The number of benzene rings is 2. The lowest BCUT2D eigenvalue weighted by Crippen LogP contribution is -2.48. The van der Waals surface area contributed by atoms with Crippen molar-refractivity contribution in [2.75, 3.05) is 26.2 Å². The third kappa shape index (κ3) is 15.1. The van der Waals surface area contributed by atoms with Crippen molar-refractivity contribution in [2.24, 2.45) is 5.92 Å². The van der Waals surface area contributed by atoms with Crippen molar-refractivity contribution >= 4 is 5.97 Å². The van der Waals surface area contributed by atoms with Gasteiger partial charge in [0.05, 0.1) is 0 Å². The highest BCUT2D eigenvalue weighted by Gasteiger charge is 2.47. The molecule has 2 atom stereocenters. The van der Waals surface area contributed by atoms with Gasteiger partial charge in [0, 0.05) is 24.9 Å². The molecule has 49 heavy (non-hydrogen) atoms. The minimum Gasteiger partial charge on any atom is -0.508 e. The Labute approximate surface area is 300 Å². The van der Waals surface area contributed by atoms with Crippen LogP contribution < -0.4 is 4.74 Å². The van der Waals surface area contributed by atoms with Crippen molar-refractivity contribution in [3.05, 3.63) is 59.2 Å². The van der Waals surface area contributed by atoms with Crippen LogP contribution >= 0.6 is 0 Å². The van der Waals surface area contributed by atoms with Crippen molar-refractivity contribution in [1.29, 1.82) is 0 Å². The average molecular weight is 678 g/mol. The first-order valence-electron chi connectivity index (χ1n) is 20.4. The number of hydrogen-bond donors (Lipinski definition) is 2. The number of hydrogen-bond acceptors (Lipinski definition) is 4. The molecule has 0 spiro atoms. The summed E-state index contributed by atoms with van der Waals surface area (Å²) in [7, 11) is 0. The summed E-state index contributed by atoms with van der Waals surface area (Å²) in [4.78, 5) is 12.9. The molecule has 1 heterocycles. The zero-order chi connectivity index (χ0) is 35.2. The van der Waals surface area contributed by atoms with Crippen LogP contribution in [-0.4, -0.2) is 47.3 Å².